The number of benzene rings is 1. The quantitative estimate of drug-likeness (QED) is 0.652. The first kappa shape index (κ1) is 16.9. The van der Waals surface area contributed by atoms with E-state index in [1.165, 1.54) is 0 Å². The molecular formula is C17H23BrO4Si. The molecule has 0 unspecified atom stereocenters. The van der Waals surface area contributed by atoms with Gasteiger partial charge in [-0.3, -0.25) is 0 Å². The fourth-order valence-corrected chi connectivity index (χ4v) is 3.83. The third kappa shape index (κ3) is 3.16. The second-order valence-electron chi connectivity index (χ2n) is 7.47. The van der Waals surface area contributed by atoms with Crippen LogP contribution in [0.1, 0.15) is 20.8 Å². The molecule has 1 aliphatic heterocycles. The highest BCUT2D eigenvalue weighted by Crippen LogP contribution is 2.43. The molecule has 0 saturated heterocycles. The summed E-state index contributed by atoms with van der Waals surface area (Å²) in [7, 11) is -1.78. The summed E-state index contributed by atoms with van der Waals surface area (Å²) in [4.78, 5) is 0. The molecule has 2 heterocycles. The lowest BCUT2D eigenvalue weighted by atomic mass is 10.2. The normalized spacial score (nSPS) is 18.4. The van der Waals surface area contributed by atoms with Crippen LogP contribution in [0.2, 0.25) is 18.1 Å². The van der Waals surface area contributed by atoms with Crippen molar-refractivity contribution in [2.45, 2.75) is 45.0 Å². The van der Waals surface area contributed by atoms with Gasteiger partial charge in [0.25, 0.3) is 0 Å². The molecule has 0 aliphatic carbocycles. The Morgan fingerprint density at radius 3 is 2.78 bits per heavy atom. The van der Waals surface area contributed by atoms with E-state index in [-0.39, 0.29) is 11.1 Å². The molecule has 0 N–H and O–H groups in total. The summed E-state index contributed by atoms with van der Waals surface area (Å²) < 4.78 is 24.6. The molecular weight excluding hydrogens is 376 g/mol. The van der Waals surface area contributed by atoms with Gasteiger partial charge in [0, 0.05) is 6.07 Å². The van der Waals surface area contributed by atoms with Gasteiger partial charge in [0.15, 0.2) is 31.5 Å². The van der Waals surface area contributed by atoms with Gasteiger partial charge in [-0.05, 0) is 40.1 Å². The van der Waals surface area contributed by atoms with Gasteiger partial charge in [0.2, 0.25) is 0 Å². The fraction of sp³-hybridized carbons (Fsp3) is 0.529. The summed E-state index contributed by atoms with van der Waals surface area (Å²) in [5.74, 6) is 1.49. The van der Waals surface area contributed by atoms with Crippen molar-refractivity contribution in [1.29, 1.82) is 0 Å². The van der Waals surface area contributed by atoms with Gasteiger partial charge >= 0.3 is 0 Å². The van der Waals surface area contributed by atoms with Gasteiger partial charge in [-0.1, -0.05) is 20.8 Å². The topological polar surface area (TPSA) is 40.8 Å². The zero-order chi connectivity index (χ0) is 16.8. The Balaban J connectivity index is 1.75. The average Bonchev–Trinajstić information content (AvgIpc) is 2.94. The smallest absolute Gasteiger partial charge is 0.192 e. The van der Waals surface area contributed by atoms with E-state index in [0.717, 1.165) is 26.9 Å². The van der Waals surface area contributed by atoms with Gasteiger partial charge in [-0.25, -0.2) is 0 Å². The van der Waals surface area contributed by atoms with Gasteiger partial charge in [0.1, 0.15) is 6.61 Å². The largest absolute Gasteiger partial charge is 0.485 e. The SMILES string of the molecule is CC(C)(C)[Si](C)(C)OC[C@H]1COc2c(cc(Br)c3occc23)O1. The molecule has 1 aromatic heterocycles. The minimum Gasteiger partial charge on any atom is -0.485 e. The molecule has 1 aliphatic rings. The Hall–Kier alpha value is -0.983. The van der Waals surface area contributed by atoms with E-state index in [2.05, 4.69) is 49.8 Å². The van der Waals surface area contributed by atoms with E-state index in [1.54, 1.807) is 6.26 Å². The Kier molecular flexibility index (Phi) is 4.27. The number of halogens is 1. The maximum Gasteiger partial charge on any atom is 0.192 e. The van der Waals surface area contributed by atoms with Crippen LogP contribution in [0.4, 0.5) is 0 Å². The van der Waals surface area contributed by atoms with E-state index in [0.29, 0.717) is 13.2 Å². The molecule has 0 saturated carbocycles. The highest BCUT2D eigenvalue weighted by Gasteiger charge is 2.38. The van der Waals surface area contributed by atoms with E-state index in [4.69, 9.17) is 18.3 Å². The summed E-state index contributed by atoms with van der Waals surface area (Å²) in [6.07, 6.45) is 1.57. The van der Waals surface area contributed by atoms with Crippen molar-refractivity contribution in [2.75, 3.05) is 13.2 Å². The molecule has 0 fully saturated rings. The first-order valence-corrected chi connectivity index (χ1v) is 11.5. The van der Waals surface area contributed by atoms with E-state index in [1.807, 2.05) is 12.1 Å². The summed E-state index contributed by atoms with van der Waals surface area (Å²) in [6, 6.07) is 3.80. The van der Waals surface area contributed by atoms with Crippen LogP contribution in [0.25, 0.3) is 11.0 Å². The Morgan fingerprint density at radius 1 is 1.35 bits per heavy atom. The Morgan fingerprint density at radius 2 is 2.09 bits per heavy atom. The minimum atomic E-state index is -1.78. The van der Waals surface area contributed by atoms with Crippen LogP contribution in [-0.2, 0) is 4.43 Å². The zero-order valence-electron chi connectivity index (χ0n) is 14.2. The van der Waals surface area contributed by atoms with Crippen LogP contribution in [0, 0.1) is 0 Å². The molecule has 0 amide bonds. The summed E-state index contributed by atoms with van der Waals surface area (Å²) in [6.45, 7) is 12.2. The fourth-order valence-electron chi connectivity index (χ4n) is 2.28. The third-order valence-electron chi connectivity index (χ3n) is 4.75. The van der Waals surface area contributed by atoms with Gasteiger partial charge in [0.05, 0.1) is 22.7 Å². The predicted octanol–water partition coefficient (Wildman–Crippen LogP) is 5.36. The van der Waals surface area contributed by atoms with Crippen LogP contribution >= 0.6 is 15.9 Å². The van der Waals surface area contributed by atoms with Crippen molar-refractivity contribution in [3.8, 4) is 11.5 Å². The van der Waals surface area contributed by atoms with Crippen molar-refractivity contribution < 1.29 is 18.3 Å². The zero-order valence-corrected chi connectivity index (χ0v) is 16.8. The van der Waals surface area contributed by atoms with Crippen molar-refractivity contribution in [3.63, 3.8) is 0 Å². The van der Waals surface area contributed by atoms with Crippen molar-refractivity contribution in [2.24, 2.45) is 0 Å². The van der Waals surface area contributed by atoms with Crippen molar-refractivity contribution in [1.82, 2.24) is 0 Å². The Bertz CT molecular complexity index is 717. The van der Waals surface area contributed by atoms with Crippen LogP contribution in [-0.4, -0.2) is 27.6 Å². The number of fused-ring (bicyclic) bond motifs is 3. The van der Waals surface area contributed by atoms with Crippen LogP contribution in [0.5, 0.6) is 11.5 Å². The standard InChI is InChI=1S/C17H23BrO4Si/c1-17(2,3)23(4,5)21-10-11-9-20-16-12-6-7-19-15(12)13(18)8-14(16)22-11/h6-8,11H,9-10H2,1-5H3/t11-/m1/s1. The highest BCUT2D eigenvalue weighted by atomic mass is 79.9. The molecule has 2 aromatic rings. The average molecular weight is 399 g/mol. The van der Waals surface area contributed by atoms with Gasteiger partial charge in [-0.15, -0.1) is 0 Å². The second-order valence-corrected chi connectivity index (χ2v) is 13.1. The summed E-state index contributed by atoms with van der Waals surface area (Å²) in [5, 5.41) is 1.12. The number of hydrogen-bond donors (Lipinski definition) is 0. The molecule has 6 heteroatoms. The molecule has 126 valence electrons. The summed E-state index contributed by atoms with van der Waals surface area (Å²) >= 11 is 3.52. The number of rotatable bonds is 3. The van der Waals surface area contributed by atoms with Crippen LogP contribution in [0.3, 0.4) is 0 Å². The third-order valence-corrected chi connectivity index (χ3v) is 9.84. The number of furan rings is 1. The summed E-state index contributed by atoms with van der Waals surface area (Å²) in [5.41, 5.74) is 0.781. The lowest BCUT2D eigenvalue weighted by Crippen LogP contribution is -2.45. The van der Waals surface area contributed by atoms with E-state index >= 15 is 0 Å². The molecule has 0 spiro atoms. The predicted molar refractivity (Wildman–Crippen MR) is 97.0 cm³/mol. The molecule has 0 radical (unpaired) electrons. The van der Waals surface area contributed by atoms with Gasteiger partial charge < -0.3 is 18.3 Å². The first-order valence-electron chi connectivity index (χ1n) is 7.82. The lowest BCUT2D eigenvalue weighted by molar-refractivity contribution is 0.0503. The second kappa shape index (κ2) is 5.83. The number of hydrogen-bond acceptors (Lipinski definition) is 4. The highest BCUT2D eigenvalue weighted by molar-refractivity contribution is 9.10. The van der Waals surface area contributed by atoms with E-state index < -0.39 is 8.32 Å². The molecule has 3 rings (SSSR count). The molecule has 1 aromatic carbocycles. The maximum absolute atomic E-state index is 6.25. The molecule has 23 heavy (non-hydrogen) atoms. The van der Waals surface area contributed by atoms with Crippen LogP contribution < -0.4 is 9.47 Å². The van der Waals surface area contributed by atoms with Gasteiger partial charge in [-0.2, -0.15) is 0 Å². The minimum absolute atomic E-state index is 0.0899. The van der Waals surface area contributed by atoms with Crippen molar-refractivity contribution in [3.05, 3.63) is 22.9 Å². The lowest BCUT2D eigenvalue weighted by Gasteiger charge is -2.37. The monoisotopic (exact) mass is 398 g/mol. The van der Waals surface area contributed by atoms with Crippen molar-refractivity contribution >= 4 is 35.2 Å². The Labute approximate surface area is 146 Å². The molecule has 1 atom stereocenters. The maximum atomic E-state index is 6.25. The first-order chi connectivity index (χ1) is 10.7. The number of ether oxygens (including phenoxy) is 2. The molecule has 4 nitrogen and oxygen atoms in total. The van der Waals surface area contributed by atoms with E-state index in [9.17, 15) is 0 Å². The molecule has 0 bridgehead atoms. The van der Waals surface area contributed by atoms with Crippen LogP contribution in [0.15, 0.2) is 27.3 Å².